The van der Waals surface area contributed by atoms with Crippen LogP contribution >= 0.6 is 0 Å². The molecule has 4 nitrogen and oxygen atoms in total. The molecule has 0 aliphatic heterocycles. The Morgan fingerprint density at radius 3 is 2.14 bits per heavy atom. The number of carbonyl (C=O) groups excluding carboxylic acids is 1. The van der Waals surface area contributed by atoms with Gasteiger partial charge in [0.05, 0.1) is 7.11 Å². The molecule has 0 bridgehead atoms. The maximum Gasteiger partial charge on any atom is 0.422 e. The van der Waals surface area contributed by atoms with E-state index in [1.165, 1.54) is 30.2 Å². The van der Waals surface area contributed by atoms with Gasteiger partial charge in [0.25, 0.3) is 11.9 Å². The minimum atomic E-state index is -4.98. The summed E-state index contributed by atoms with van der Waals surface area (Å²) in [6.07, 6.45) is -4.98. The van der Waals surface area contributed by atoms with Crippen LogP contribution in [-0.2, 0) is 9.53 Å². The van der Waals surface area contributed by atoms with E-state index in [0.29, 0.717) is 11.4 Å². The molecule has 8 heteroatoms. The SMILES string of the molecule is CCN(C(=O)CO/C(F)=C(\c1ccccc1)C(F)(F)F)c1ccc(OC)cc1. The Kier molecular flexibility index (Phi) is 7.03. The molecule has 0 unspecified atom stereocenters. The highest BCUT2D eigenvalue weighted by molar-refractivity contribution is 5.94. The fraction of sp³-hybridized carbons (Fsp3) is 0.250. The van der Waals surface area contributed by atoms with Crippen molar-refractivity contribution in [3.05, 3.63) is 66.2 Å². The third-order valence-corrected chi connectivity index (χ3v) is 3.87. The first-order chi connectivity index (χ1) is 13.3. The number of nitrogens with zero attached hydrogens (tertiary/aromatic N) is 1. The number of likely N-dealkylation sites (N-methyl/N-ethyl adjacent to an activating group) is 1. The Balaban J connectivity index is 2.18. The first-order valence-electron chi connectivity index (χ1n) is 8.37. The lowest BCUT2D eigenvalue weighted by Gasteiger charge is -2.21. The van der Waals surface area contributed by atoms with Crippen LogP contribution in [0.5, 0.6) is 5.75 Å². The average Bonchev–Trinajstić information content (AvgIpc) is 2.67. The van der Waals surface area contributed by atoms with Crippen LogP contribution in [0, 0.1) is 0 Å². The summed E-state index contributed by atoms with van der Waals surface area (Å²) >= 11 is 0. The molecule has 0 atom stereocenters. The number of hydrogen-bond donors (Lipinski definition) is 0. The molecule has 2 rings (SSSR count). The number of hydrogen-bond acceptors (Lipinski definition) is 3. The van der Waals surface area contributed by atoms with Crippen molar-refractivity contribution in [3.63, 3.8) is 0 Å². The van der Waals surface area contributed by atoms with E-state index in [9.17, 15) is 22.4 Å². The van der Waals surface area contributed by atoms with E-state index in [-0.39, 0.29) is 12.1 Å². The van der Waals surface area contributed by atoms with Crippen LogP contribution < -0.4 is 9.64 Å². The number of ether oxygens (including phenoxy) is 2. The molecule has 0 heterocycles. The summed E-state index contributed by atoms with van der Waals surface area (Å²) in [7, 11) is 1.49. The van der Waals surface area contributed by atoms with Gasteiger partial charge in [0.2, 0.25) is 0 Å². The number of alkyl halides is 3. The monoisotopic (exact) mass is 397 g/mol. The van der Waals surface area contributed by atoms with Crippen molar-refractivity contribution in [1.29, 1.82) is 0 Å². The summed E-state index contributed by atoms with van der Waals surface area (Å²) in [5, 5.41) is 0. The molecule has 2 aromatic carbocycles. The molecule has 0 radical (unpaired) electrons. The van der Waals surface area contributed by atoms with Crippen molar-refractivity contribution < 1.29 is 31.8 Å². The molecule has 0 aliphatic carbocycles. The van der Waals surface area contributed by atoms with Gasteiger partial charge in [-0.1, -0.05) is 30.3 Å². The van der Waals surface area contributed by atoms with Gasteiger partial charge in [-0.05, 0) is 36.8 Å². The third kappa shape index (κ3) is 5.25. The van der Waals surface area contributed by atoms with Gasteiger partial charge in [-0.25, -0.2) is 0 Å². The Bertz CT molecular complexity index is 818. The highest BCUT2D eigenvalue weighted by atomic mass is 19.4. The van der Waals surface area contributed by atoms with E-state index in [1.807, 2.05) is 0 Å². The van der Waals surface area contributed by atoms with E-state index >= 15 is 0 Å². The molecule has 0 N–H and O–H groups in total. The zero-order valence-electron chi connectivity index (χ0n) is 15.3. The molecule has 150 valence electrons. The molecule has 0 saturated heterocycles. The van der Waals surface area contributed by atoms with Crippen molar-refractivity contribution >= 4 is 17.2 Å². The second kappa shape index (κ2) is 9.25. The predicted octanol–water partition coefficient (Wildman–Crippen LogP) is 4.97. The maximum atomic E-state index is 14.2. The van der Waals surface area contributed by atoms with Crippen molar-refractivity contribution in [2.45, 2.75) is 13.1 Å². The maximum absolute atomic E-state index is 14.2. The van der Waals surface area contributed by atoms with Gasteiger partial charge in [-0.2, -0.15) is 17.6 Å². The number of benzene rings is 2. The van der Waals surface area contributed by atoms with Crippen LogP contribution in [0.2, 0.25) is 0 Å². The van der Waals surface area contributed by atoms with Crippen LogP contribution in [0.25, 0.3) is 5.57 Å². The summed E-state index contributed by atoms with van der Waals surface area (Å²) in [5.41, 5.74) is -1.46. The lowest BCUT2D eigenvalue weighted by Crippen LogP contribution is -2.33. The molecule has 0 aliphatic rings. The van der Waals surface area contributed by atoms with Crippen molar-refractivity contribution in [2.24, 2.45) is 0 Å². The van der Waals surface area contributed by atoms with Crippen molar-refractivity contribution in [3.8, 4) is 5.75 Å². The number of methoxy groups -OCH3 is 1. The van der Waals surface area contributed by atoms with Gasteiger partial charge in [-0.3, -0.25) is 4.79 Å². The summed E-state index contributed by atoms with van der Waals surface area (Å²) in [6, 6.07) is 11.1. The third-order valence-electron chi connectivity index (χ3n) is 3.87. The molecular weight excluding hydrogens is 378 g/mol. The van der Waals surface area contributed by atoms with Crippen molar-refractivity contribution in [1.82, 2.24) is 0 Å². The van der Waals surface area contributed by atoms with Crippen LogP contribution in [0.4, 0.5) is 23.2 Å². The van der Waals surface area contributed by atoms with Gasteiger partial charge in [0.15, 0.2) is 6.61 Å². The number of anilines is 1. The summed E-state index contributed by atoms with van der Waals surface area (Å²) in [6.45, 7) is 1.03. The quantitative estimate of drug-likeness (QED) is 0.489. The van der Waals surface area contributed by atoms with Crippen LogP contribution in [-0.4, -0.2) is 32.3 Å². The number of allylic oxidation sites excluding steroid dienone is 1. The first kappa shape index (κ1) is 21.3. The summed E-state index contributed by atoms with van der Waals surface area (Å²) < 4.78 is 63.6. The minimum absolute atomic E-state index is 0.227. The predicted molar refractivity (Wildman–Crippen MR) is 97.5 cm³/mol. The smallest absolute Gasteiger partial charge is 0.422 e. The zero-order chi connectivity index (χ0) is 20.7. The van der Waals surface area contributed by atoms with Gasteiger partial charge in [-0.15, -0.1) is 0 Å². The van der Waals surface area contributed by atoms with E-state index in [1.54, 1.807) is 31.2 Å². The van der Waals surface area contributed by atoms with Gasteiger partial charge >= 0.3 is 6.18 Å². The lowest BCUT2D eigenvalue weighted by molar-refractivity contribution is -0.123. The Labute approximate surface area is 160 Å². The van der Waals surface area contributed by atoms with Crippen molar-refractivity contribution in [2.75, 3.05) is 25.2 Å². The zero-order valence-corrected chi connectivity index (χ0v) is 15.3. The van der Waals surface area contributed by atoms with Gasteiger partial charge in [0, 0.05) is 12.2 Å². The van der Waals surface area contributed by atoms with E-state index in [4.69, 9.17) is 4.74 Å². The fourth-order valence-electron chi connectivity index (χ4n) is 2.53. The molecule has 1 amide bonds. The minimum Gasteiger partial charge on any atom is -0.497 e. The molecular formula is C20H19F4NO3. The summed E-state index contributed by atoms with van der Waals surface area (Å²) in [4.78, 5) is 13.6. The molecule has 0 fully saturated rings. The average molecular weight is 397 g/mol. The Morgan fingerprint density at radius 2 is 1.64 bits per heavy atom. The molecule has 0 saturated carbocycles. The van der Waals surface area contributed by atoms with Gasteiger partial charge < -0.3 is 14.4 Å². The number of carbonyl (C=O) groups is 1. The largest absolute Gasteiger partial charge is 0.497 e. The van der Waals surface area contributed by atoms with E-state index < -0.39 is 30.3 Å². The number of halogens is 4. The fourth-order valence-corrected chi connectivity index (χ4v) is 2.53. The van der Waals surface area contributed by atoms with Crippen LogP contribution in [0.3, 0.4) is 0 Å². The normalized spacial score (nSPS) is 12.2. The molecule has 0 spiro atoms. The second-order valence-electron chi connectivity index (χ2n) is 5.64. The molecule has 0 aromatic heterocycles. The Morgan fingerprint density at radius 1 is 1.04 bits per heavy atom. The van der Waals surface area contributed by atoms with Crippen LogP contribution in [0.15, 0.2) is 60.6 Å². The number of rotatable bonds is 7. The summed E-state index contributed by atoms with van der Waals surface area (Å²) in [5.74, 6) is -0.104. The molecule has 2 aromatic rings. The number of amides is 1. The highest BCUT2D eigenvalue weighted by Gasteiger charge is 2.39. The van der Waals surface area contributed by atoms with E-state index in [0.717, 1.165) is 12.1 Å². The van der Waals surface area contributed by atoms with E-state index in [2.05, 4.69) is 4.74 Å². The lowest BCUT2D eigenvalue weighted by atomic mass is 10.1. The Hall–Kier alpha value is -3.03. The first-order valence-corrected chi connectivity index (χ1v) is 8.37. The van der Waals surface area contributed by atoms with Crippen LogP contribution in [0.1, 0.15) is 12.5 Å². The molecule has 28 heavy (non-hydrogen) atoms. The highest BCUT2D eigenvalue weighted by Crippen LogP contribution is 2.37. The standard InChI is InChI=1S/C20H19F4NO3/c1-3-25(15-9-11-16(27-2)12-10-15)17(26)13-28-19(21)18(20(22,23)24)14-7-5-4-6-8-14/h4-12H,3,13H2,1-2H3/b19-18+. The topological polar surface area (TPSA) is 38.8 Å². The second-order valence-corrected chi connectivity index (χ2v) is 5.64. The van der Waals surface area contributed by atoms with Gasteiger partial charge in [0.1, 0.15) is 11.3 Å².